The summed E-state index contributed by atoms with van der Waals surface area (Å²) in [4.78, 5) is 5.01. The minimum atomic E-state index is -6.00. The van der Waals surface area contributed by atoms with Crippen LogP contribution in [-0.2, 0) is 6.42 Å². The lowest BCUT2D eigenvalue weighted by Gasteiger charge is -2.25. The average molecular weight is 489 g/mol. The molecule has 1 heterocycles. The highest BCUT2D eigenvalue weighted by molar-refractivity contribution is 8.01. The van der Waals surface area contributed by atoms with E-state index in [0.29, 0.717) is 18.4 Å². The van der Waals surface area contributed by atoms with Crippen molar-refractivity contribution in [1.82, 2.24) is 4.98 Å². The Morgan fingerprint density at radius 2 is 1.12 bits per heavy atom. The number of benzene rings is 3. The van der Waals surface area contributed by atoms with Crippen molar-refractivity contribution in [3.8, 4) is 5.95 Å². The van der Waals surface area contributed by atoms with Crippen molar-refractivity contribution in [2.45, 2.75) is 20.3 Å². The fraction of sp³-hybridized carbons (Fsp3) is 0.160. The molecule has 0 bridgehead atoms. The molecule has 0 atom stereocenters. The molecule has 0 unspecified atom stereocenters. The number of hydrogen-bond acceptors (Lipinski definition) is 3. The van der Waals surface area contributed by atoms with Crippen LogP contribution in [-0.4, -0.2) is 18.8 Å². The highest BCUT2D eigenvalue weighted by atomic mass is 31.2. The second-order valence-electron chi connectivity index (χ2n) is 7.18. The molecule has 0 spiro atoms. The highest BCUT2D eigenvalue weighted by Gasteiger charge is 2.53. The van der Waals surface area contributed by atoms with Crippen LogP contribution < -0.4 is 26.1 Å². The zero-order chi connectivity index (χ0) is 24.6. The van der Waals surface area contributed by atoms with Gasteiger partial charge in [-0.25, -0.2) is 0 Å². The third-order valence-electron chi connectivity index (χ3n) is 4.95. The first-order chi connectivity index (χ1) is 16.3. The minimum absolute atomic E-state index is 0.531. The fourth-order valence-electron chi connectivity index (χ4n) is 3.70. The summed E-state index contributed by atoms with van der Waals surface area (Å²) in [5.74, 6) is 1.24. The van der Waals surface area contributed by atoms with E-state index in [1.54, 1.807) is 0 Å². The third kappa shape index (κ3) is 5.86. The molecule has 0 saturated carbocycles. The summed E-state index contributed by atoms with van der Waals surface area (Å²) in [6, 6.07) is 31.9. The molecule has 0 radical (unpaired) electrons. The van der Waals surface area contributed by atoms with E-state index >= 15 is 0 Å². The first kappa shape index (κ1) is 25.5. The summed E-state index contributed by atoms with van der Waals surface area (Å²) in [7, 11) is -8.30. The normalized spacial score (nSPS) is 11.5. The fourth-order valence-corrected chi connectivity index (χ4v) is 7.83. The Balaban J connectivity index is 0.000000588. The van der Waals surface area contributed by atoms with Crippen molar-refractivity contribution in [2.24, 2.45) is 0 Å². The van der Waals surface area contributed by atoms with Gasteiger partial charge in [0.1, 0.15) is 15.9 Å². The molecule has 0 aliphatic carbocycles. The van der Waals surface area contributed by atoms with E-state index < -0.39 is 14.5 Å². The summed E-state index contributed by atoms with van der Waals surface area (Å²) in [5.41, 5.74) is 0.903. The Morgan fingerprint density at radius 1 is 0.735 bits per heavy atom. The lowest BCUT2D eigenvalue weighted by Crippen LogP contribution is -2.39. The van der Waals surface area contributed by atoms with Gasteiger partial charge in [0.25, 0.3) is 5.44 Å². The number of aromatic nitrogens is 1. The predicted molar refractivity (Wildman–Crippen MR) is 132 cm³/mol. The quantitative estimate of drug-likeness (QED) is 0.194. The summed E-state index contributed by atoms with van der Waals surface area (Å²) < 4.78 is 51.1. The van der Waals surface area contributed by atoms with E-state index in [2.05, 4.69) is 97.9 Å². The maximum absolute atomic E-state index is 9.75. The van der Waals surface area contributed by atoms with E-state index in [1.807, 2.05) is 6.92 Å². The van der Waals surface area contributed by atoms with Crippen molar-refractivity contribution < 1.29 is 26.4 Å². The van der Waals surface area contributed by atoms with E-state index in [4.69, 9.17) is 14.1 Å². The molecule has 4 rings (SSSR count). The van der Waals surface area contributed by atoms with Crippen LogP contribution >= 0.6 is 7.26 Å². The third-order valence-corrected chi connectivity index (χ3v) is 9.09. The zero-order valence-corrected chi connectivity index (χ0v) is 19.8. The van der Waals surface area contributed by atoms with Gasteiger partial charge in [0.2, 0.25) is 5.89 Å². The van der Waals surface area contributed by atoms with Gasteiger partial charge < -0.3 is 26.4 Å². The van der Waals surface area contributed by atoms with Crippen LogP contribution in [0.5, 0.6) is 5.95 Å². The van der Waals surface area contributed by atoms with Gasteiger partial charge in [-0.1, -0.05) is 61.5 Å². The molecule has 0 fully saturated rings. The van der Waals surface area contributed by atoms with Crippen molar-refractivity contribution >= 4 is 35.9 Å². The van der Waals surface area contributed by atoms with Crippen molar-refractivity contribution in [3.05, 3.63) is 96.9 Å². The standard InChI is InChI=1S/C25H25NO2P.BF4/c1-3-23-26-24(25(28-23)27-4-2)29(20-14-8-5-9-15-20,21-16-10-6-11-17-21)22-18-12-7-13-19-22;2-1(3,4)5/h5-19H,3-4H2,1-2H3;/q+1;-1. The summed E-state index contributed by atoms with van der Waals surface area (Å²) in [6.07, 6.45) is 0.721. The van der Waals surface area contributed by atoms with Crippen molar-refractivity contribution in [1.29, 1.82) is 0 Å². The van der Waals surface area contributed by atoms with Crippen molar-refractivity contribution in [2.75, 3.05) is 6.61 Å². The van der Waals surface area contributed by atoms with E-state index in [1.165, 1.54) is 15.9 Å². The molecular formula is C25H25BF4NO2P. The van der Waals surface area contributed by atoms with Gasteiger partial charge in [0, 0.05) is 6.42 Å². The van der Waals surface area contributed by atoms with Gasteiger partial charge in [-0.15, -0.1) is 0 Å². The van der Waals surface area contributed by atoms with Crippen molar-refractivity contribution in [3.63, 3.8) is 0 Å². The molecule has 3 aromatic carbocycles. The largest absolute Gasteiger partial charge is 0.673 e. The maximum atomic E-state index is 9.75. The Morgan fingerprint density at radius 3 is 1.44 bits per heavy atom. The molecule has 3 nitrogen and oxygen atoms in total. The maximum Gasteiger partial charge on any atom is 0.673 e. The monoisotopic (exact) mass is 489 g/mol. The summed E-state index contributed by atoms with van der Waals surface area (Å²) in [6.45, 7) is 4.56. The Bertz CT molecular complexity index is 1050. The van der Waals surface area contributed by atoms with Gasteiger partial charge in [-0.2, -0.15) is 4.98 Å². The second-order valence-corrected chi connectivity index (χ2v) is 10.5. The molecule has 178 valence electrons. The Labute approximate surface area is 197 Å². The molecular weight excluding hydrogens is 464 g/mol. The van der Waals surface area contributed by atoms with E-state index in [0.717, 1.165) is 11.9 Å². The van der Waals surface area contributed by atoms with E-state index in [-0.39, 0.29) is 0 Å². The topological polar surface area (TPSA) is 35.3 Å². The van der Waals surface area contributed by atoms with Crippen LogP contribution in [0.1, 0.15) is 19.7 Å². The first-order valence-electron chi connectivity index (χ1n) is 10.9. The first-order valence-corrected chi connectivity index (χ1v) is 12.7. The number of rotatable bonds is 7. The predicted octanol–water partition coefficient (Wildman–Crippen LogP) is 5.56. The molecule has 0 aliphatic rings. The van der Waals surface area contributed by atoms with Crippen LogP contribution in [0.2, 0.25) is 0 Å². The zero-order valence-electron chi connectivity index (χ0n) is 18.9. The van der Waals surface area contributed by atoms with Gasteiger partial charge in [0.05, 0.1) is 6.61 Å². The van der Waals surface area contributed by atoms with Crippen LogP contribution in [0.25, 0.3) is 0 Å². The van der Waals surface area contributed by atoms with Gasteiger partial charge in [-0.05, 0) is 43.3 Å². The van der Waals surface area contributed by atoms with Crippen LogP contribution in [0.4, 0.5) is 17.3 Å². The second kappa shape index (κ2) is 11.3. The molecule has 9 heteroatoms. The molecule has 4 aromatic rings. The molecule has 1 aromatic heterocycles. The molecule has 0 aliphatic heterocycles. The lowest BCUT2D eigenvalue weighted by atomic mass is 10.3. The summed E-state index contributed by atoms with van der Waals surface area (Å²) in [5, 5.41) is 3.69. The van der Waals surface area contributed by atoms with Crippen LogP contribution in [0.15, 0.2) is 95.4 Å². The molecule has 0 amide bonds. The van der Waals surface area contributed by atoms with E-state index in [9.17, 15) is 17.3 Å². The molecule has 34 heavy (non-hydrogen) atoms. The summed E-state index contributed by atoms with van der Waals surface area (Å²) >= 11 is 0. The Hall–Kier alpha value is -3.12. The average Bonchev–Trinajstić information content (AvgIpc) is 3.24. The minimum Gasteiger partial charge on any atom is -0.461 e. The number of halogens is 4. The number of oxazole rings is 1. The van der Waals surface area contributed by atoms with Crippen LogP contribution in [0, 0.1) is 0 Å². The molecule has 0 N–H and O–H groups in total. The number of aryl methyl sites for hydroxylation is 1. The van der Waals surface area contributed by atoms with Gasteiger partial charge in [0.15, 0.2) is 7.26 Å². The highest BCUT2D eigenvalue weighted by Crippen LogP contribution is 2.55. The van der Waals surface area contributed by atoms with Crippen LogP contribution in [0.3, 0.4) is 0 Å². The molecule has 0 saturated heterocycles. The van der Waals surface area contributed by atoms with Gasteiger partial charge in [-0.3, -0.25) is 0 Å². The lowest BCUT2D eigenvalue weighted by molar-refractivity contribution is 0.253. The SMILES string of the molecule is CCOc1oc(CC)nc1[P+](c1ccccc1)(c1ccccc1)c1ccccc1.F[B-](F)(F)F. The number of ether oxygens (including phenoxy) is 1. The smallest absolute Gasteiger partial charge is 0.461 e. The number of nitrogens with zero attached hydrogens (tertiary/aromatic N) is 1. The Kier molecular flexibility index (Phi) is 8.51. The number of hydrogen-bond donors (Lipinski definition) is 0. The van der Waals surface area contributed by atoms with Gasteiger partial charge >= 0.3 is 13.2 Å².